The van der Waals surface area contributed by atoms with Crippen molar-refractivity contribution in [2.75, 3.05) is 40.2 Å². The van der Waals surface area contributed by atoms with Crippen molar-refractivity contribution in [1.82, 2.24) is 4.90 Å². The number of carbonyl (C=O) groups is 5. The molecule has 2 N–H and O–H groups in total. The highest BCUT2D eigenvalue weighted by atomic mass is 31.1. The summed E-state index contributed by atoms with van der Waals surface area (Å²) >= 11 is 0. The molecular weight excluding hydrogens is 902 g/mol. The Labute approximate surface area is 413 Å². The highest BCUT2D eigenvalue weighted by molar-refractivity contribution is 7.43. The van der Waals surface area contributed by atoms with Crippen LogP contribution in [0.25, 0.3) is 0 Å². The average molecular weight is 988 g/mol. The quantitative estimate of drug-likeness (QED) is 0.0701. The van der Waals surface area contributed by atoms with Crippen molar-refractivity contribution in [2.24, 2.45) is 35.5 Å². The van der Waals surface area contributed by atoms with Crippen LogP contribution in [0.2, 0.25) is 0 Å². The summed E-state index contributed by atoms with van der Waals surface area (Å²) in [5.41, 5.74) is 1.28. The average Bonchev–Trinajstić information content (AvgIpc) is 3.31. The number of rotatable bonds is 10. The van der Waals surface area contributed by atoms with Gasteiger partial charge in [0.25, 0.3) is 11.7 Å². The zero-order valence-electron chi connectivity index (χ0n) is 43.3. The molecule has 0 spiro atoms. The van der Waals surface area contributed by atoms with Crippen LogP contribution in [0.15, 0.2) is 47.6 Å². The predicted octanol–water partition coefficient (Wildman–Crippen LogP) is 8.16. The van der Waals surface area contributed by atoms with Gasteiger partial charge in [-0.2, -0.15) is 0 Å². The molecular formula is C54H86NO13P. The number of hydrogen-bond donors (Lipinski definition) is 2. The fourth-order valence-electron chi connectivity index (χ4n) is 10.6. The minimum Gasteiger partial charge on any atom is -0.460 e. The molecule has 1 aliphatic carbocycles. The molecule has 3 aliphatic heterocycles. The fraction of sp³-hybridized carbons (Fsp3) is 0.759. The number of hydrogen-bond acceptors (Lipinski definition) is 13. The number of carbonyl (C=O) groups excluding carboxylic acids is 5. The zero-order chi connectivity index (χ0) is 51.0. The largest absolute Gasteiger partial charge is 0.460 e. The molecule has 15 atom stereocenters. The molecule has 1 saturated carbocycles. The first-order chi connectivity index (χ1) is 32.7. The maximum absolute atomic E-state index is 14.5. The minimum atomic E-state index is -2.42. The van der Waals surface area contributed by atoms with Crippen LogP contribution >= 0.6 is 7.80 Å². The van der Waals surface area contributed by atoms with Gasteiger partial charge in [-0.15, -0.1) is 0 Å². The van der Waals surface area contributed by atoms with Gasteiger partial charge in [-0.1, -0.05) is 83.9 Å². The van der Waals surface area contributed by atoms with Crippen molar-refractivity contribution < 1.29 is 62.4 Å². The van der Waals surface area contributed by atoms with E-state index in [-0.39, 0.29) is 54.8 Å². The summed E-state index contributed by atoms with van der Waals surface area (Å²) in [6.07, 6.45) is 15.6. The molecule has 3 heterocycles. The summed E-state index contributed by atoms with van der Waals surface area (Å²) in [5, 5.41) is 23.5. The minimum absolute atomic E-state index is 0.0212. The molecule has 4 rings (SSSR count). The van der Waals surface area contributed by atoms with Crippen LogP contribution in [0.3, 0.4) is 0 Å². The molecule has 1 amide bonds. The molecule has 14 nitrogen and oxygen atoms in total. The number of esters is 1. The number of piperidine rings is 1. The van der Waals surface area contributed by atoms with Gasteiger partial charge in [-0.25, -0.2) is 4.79 Å². The lowest BCUT2D eigenvalue weighted by Crippen LogP contribution is -2.61. The Balaban J connectivity index is 1.68. The maximum Gasteiger partial charge on any atom is 0.329 e. The normalized spacial score (nSPS) is 38.1. The third-order valence-corrected chi connectivity index (χ3v) is 16.1. The van der Waals surface area contributed by atoms with E-state index in [1.165, 1.54) is 12.0 Å². The van der Waals surface area contributed by atoms with E-state index >= 15 is 0 Å². The zero-order valence-corrected chi connectivity index (χ0v) is 44.3. The van der Waals surface area contributed by atoms with E-state index in [9.17, 15) is 38.8 Å². The number of ketones is 3. The molecule has 4 aliphatic rings. The van der Waals surface area contributed by atoms with E-state index < -0.39 is 85.6 Å². The summed E-state index contributed by atoms with van der Waals surface area (Å²) in [6, 6.07) is -1.13. The molecule has 0 aromatic carbocycles. The van der Waals surface area contributed by atoms with E-state index in [0.717, 1.165) is 37.7 Å². The van der Waals surface area contributed by atoms with Crippen LogP contribution in [0.5, 0.6) is 0 Å². The lowest BCUT2D eigenvalue weighted by molar-refractivity contribution is -0.265. The number of nitrogens with zero attached hydrogens (tertiary/aromatic N) is 1. The van der Waals surface area contributed by atoms with Gasteiger partial charge in [0.05, 0.1) is 26.1 Å². The van der Waals surface area contributed by atoms with Crippen LogP contribution in [0.4, 0.5) is 0 Å². The maximum atomic E-state index is 14.5. The third-order valence-electron chi connectivity index (χ3n) is 15.1. The number of allylic oxidation sites excluding steroid dienone is 6. The smallest absolute Gasteiger partial charge is 0.329 e. The van der Waals surface area contributed by atoms with Gasteiger partial charge in [0, 0.05) is 64.1 Å². The van der Waals surface area contributed by atoms with Crippen molar-refractivity contribution in [1.29, 1.82) is 0 Å². The van der Waals surface area contributed by atoms with E-state index in [0.29, 0.717) is 63.3 Å². The fourth-order valence-corrected chi connectivity index (χ4v) is 11.3. The van der Waals surface area contributed by atoms with E-state index in [1.807, 2.05) is 58.1 Å². The topological polar surface area (TPSA) is 192 Å². The van der Waals surface area contributed by atoms with Gasteiger partial charge < -0.3 is 43.4 Å². The van der Waals surface area contributed by atoms with Gasteiger partial charge in [0.2, 0.25) is 5.79 Å². The SMILES string of the molecule is CO[C@H]1C[C@@H]2CC[C@@H](C)[C@@](O)(O2)C(=O)C(=O)N2CCCCC2C(=O)O[C@H]([C@H](C)C[C@@H]2CCCC(OCCC[PH](C)=O)C2)CC(=O)[C@H](C)/C=C(\C)[C@@H](O)[C@@H](OC)C(=O)[C@H](C)C[C@H](C)/C=C/C=C/C=C/1C. The van der Waals surface area contributed by atoms with Crippen LogP contribution < -0.4 is 0 Å². The van der Waals surface area contributed by atoms with Gasteiger partial charge in [-0.05, 0) is 114 Å². The Morgan fingerprint density at radius 1 is 0.899 bits per heavy atom. The third kappa shape index (κ3) is 17.0. The summed E-state index contributed by atoms with van der Waals surface area (Å²) in [4.78, 5) is 72.2. The van der Waals surface area contributed by atoms with Crippen molar-refractivity contribution in [3.05, 3.63) is 47.6 Å². The summed E-state index contributed by atoms with van der Waals surface area (Å²) in [7, 11) is 1.41. The van der Waals surface area contributed by atoms with Gasteiger partial charge in [-0.3, -0.25) is 19.2 Å². The Morgan fingerprint density at radius 2 is 1.64 bits per heavy atom. The molecule has 3 unspecified atom stereocenters. The Bertz CT molecular complexity index is 1880. The van der Waals surface area contributed by atoms with Crippen molar-refractivity contribution in [3.63, 3.8) is 0 Å². The molecule has 390 valence electrons. The molecule has 0 aromatic heterocycles. The first kappa shape index (κ1) is 58.5. The monoisotopic (exact) mass is 988 g/mol. The number of Topliss-reactive ketones (excluding diaryl/α,β-unsaturated/α-hetero) is 3. The molecule has 15 heteroatoms. The Hall–Kier alpha value is -3.10. The number of cyclic esters (lactones) is 1. The lowest BCUT2D eigenvalue weighted by atomic mass is 9.79. The van der Waals surface area contributed by atoms with Gasteiger partial charge >= 0.3 is 5.97 Å². The van der Waals surface area contributed by atoms with Crippen molar-refractivity contribution >= 4 is 37.0 Å². The standard InChI is InChI=1S/C54H86NO13P/c1-34-18-12-11-13-19-35(2)46(64-8)32-43-24-23-40(7)54(62,68-43)51(59)52(60)55-25-15-14-22-44(55)53(61)67-47(37(4)30-41-20-16-21-42(31-41)66-26-17-27-69(10)63)33-45(56)36(3)29-39(6)49(58)50(65-9)48(57)38(5)28-34/h11-13,18-19,29,34,36-38,40-44,46-47,49-50,58,62,69H,14-17,20-28,30-33H2,1-10H3/b13-11+,18-12+,35-19+,39-29+/t34-,36-,37-,38-,40-,41+,42?,43+,44?,46+,47+,49-,50+,54-/m1/s1. The van der Waals surface area contributed by atoms with Crippen LogP contribution in [-0.4, -0.2) is 133 Å². The molecule has 69 heavy (non-hydrogen) atoms. The number of aliphatic hydroxyl groups excluding tert-OH is 1. The second kappa shape index (κ2) is 28.2. The highest BCUT2D eigenvalue weighted by Crippen LogP contribution is 2.38. The van der Waals surface area contributed by atoms with Crippen LogP contribution in [-0.2, 0) is 52.2 Å². The molecule has 0 aromatic rings. The number of fused-ring (bicyclic) bond motifs is 3. The van der Waals surface area contributed by atoms with Crippen molar-refractivity contribution in [3.8, 4) is 0 Å². The van der Waals surface area contributed by atoms with Crippen LogP contribution in [0.1, 0.15) is 138 Å². The first-order valence-electron chi connectivity index (χ1n) is 25.8. The molecule has 2 saturated heterocycles. The second-order valence-corrected chi connectivity index (χ2v) is 22.8. The van der Waals surface area contributed by atoms with Crippen LogP contribution in [0, 0.1) is 35.5 Å². The summed E-state index contributed by atoms with van der Waals surface area (Å²) < 4.78 is 41.8. The number of aliphatic hydroxyl groups is 2. The summed E-state index contributed by atoms with van der Waals surface area (Å²) in [5.74, 6) is -7.69. The van der Waals surface area contributed by atoms with E-state index in [1.54, 1.807) is 40.6 Å². The lowest BCUT2D eigenvalue weighted by Gasteiger charge is -2.42. The molecule has 2 bridgehead atoms. The summed E-state index contributed by atoms with van der Waals surface area (Å²) in [6.45, 7) is 15.2. The number of methoxy groups -OCH3 is 2. The van der Waals surface area contributed by atoms with E-state index in [2.05, 4.69) is 0 Å². The van der Waals surface area contributed by atoms with Crippen molar-refractivity contribution in [2.45, 2.75) is 187 Å². The first-order valence-corrected chi connectivity index (χ1v) is 27.9. The predicted molar refractivity (Wildman–Crippen MR) is 267 cm³/mol. The van der Waals surface area contributed by atoms with Gasteiger partial charge in [0.1, 0.15) is 30.1 Å². The van der Waals surface area contributed by atoms with Gasteiger partial charge in [0.15, 0.2) is 5.78 Å². The number of ether oxygens (including phenoxy) is 5. The highest BCUT2D eigenvalue weighted by Gasteiger charge is 2.53. The van der Waals surface area contributed by atoms with E-state index in [4.69, 9.17) is 23.7 Å². The molecule has 3 fully saturated rings. The Morgan fingerprint density at radius 3 is 2.33 bits per heavy atom. The Kier molecular flexibility index (Phi) is 23.9. The molecule has 0 radical (unpaired) electrons. The number of amides is 1. The second-order valence-electron chi connectivity index (χ2n) is 20.9.